The largest absolute Gasteiger partial charge is 0.304 e. The van der Waals surface area contributed by atoms with Crippen molar-refractivity contribution >= 4 is 66.4 Å². The average Bonchev–Trinajstić information content (AvgIpc) is 3.41. The van der Waals surface area contributed by atoms with E-state index < -0.39 is 34.9 Å². The summed E-state index contributed by atoms with van der Waals surface area (Å²) in [6.07, 6.45) is 0. The number of nitrogens with zero attached hydrogens (tertiary/aromatic N) is 2. The maximum Gasteiger partial charge on any atom is 0.147 e. The summed E-state index contributed by atoms with van der Waals surface area (Å²) in [5, 5.41) is 4.34. The van der Waals surface area contributed by atoms with Crippen LogP contribution in [0, 0.1) is 34.9 Å². The number of rotatable bonds is 10. The van der Waals surface area contributed by atoms with Crippen molar-refractivity contribution in [1.82, 2.24) is 0 Å². The van der Waals surface area contributed by atoms with Crippen molar-refractivity contribution < 1.29 is 26.3 Å². The van der Waals surface area contributed by atoms with Crippen LogP contribution in [0.25, 0.3) is 76.8 Å². The minimum Gasteiger partial charge on any atom is -0.304 e. The Morgan fingerprint density at radius 2 is 0.639 bits per heavy atom. The SMILES string of the molecule is Fc1cc(-c2ccc(F)c(N(c3ccccc3F)c3ccc4ccc5c(N(c6ccccc6F)c6cc(-c7cc(-c8ccccc8)ccc7F)ccc6F)ccc6ccc3c4c65)c2)ccc1-c1ccccc1. The van der Waals surface area contributed by atoms with Gasteiger partial charge in [0.1, 0.15) is 34.9 Å². The molecule has 8 heteroatoms. The Morgan fingerprint density at radius 3 is 1.18 bits per heavy atom. The van der Waals surface area contributed by atoms with Crippen molar-refractivity contribution in [2.45, 2.75) is 0 Å². The monoisotopic (exact) mass is 948 g/mol. The quantitative estimate of drug-likeness (QED) is 0.0996. The third kappa shape index (κ3) is 7.65. The van der Waals surface area contributed by atoms with Crippen molar-refractivity contribution in [1.29, 1.82) is 0 Å². The van der Waals surface area contributed by atoms with Gasteiger partial charge < -0.3 is 9.80 Å². The second-order valence-electron chi connectivity index (χ2n) is 17.6. The lowest BCUT2D eigenvalue weighted by molar-refractivity contribution is 0.619. The normalized spacial score (nSPS) is 11.5. The molecule has 12 rings (SSSR count). The smallest absolute Gasteiger partial charge is 0.147 e. The number of halogens is 6. The Hall–Kier alpha value is -9.14. The molecule has 0 bridgehead atoms. The molecular weight excluding hydrogens is 911 g/mol. The highest BCUT2D eigenvalue weighted by Gasteiger charge is 2.27. The Kier molecular flexibility index (Phi) is 11.0. The van der Waals surface area contributed by atoms with Crippen molar-refractivity contribution in [3.05, 3.63) is 265 Å². The zero-order chi connectivity index (χ0) is 49.0. The van der Waals surface area contributed by atoms with Crippen LogP contribution in [0.1, 0.15) is 0 Å². The molecule has 0 saturated carbocycles. The average molecular weight is 949 g/mol. The highest BCUT2D eigenvalue weighted by atomic mass is 19.1. The molecule has 0 aromatic heterocycles. The van der Waals surface area contributed by atoms with Gasteiger partial charge in [0.05, 0.1) is 34.1 Å². The molecule has 0 unspecified atom stereocenters. The van der Waals surface area contributed by atoms with E-state index in [4.69, 9.17) is 0 Å². The molecule has 0 saturated heterocycles. The van der Waals surface area contributed by atoms with E-state index in [0.29, 0.717) is 50.0 Å². The van der Waals surface area contributed by atoms with Gasteiger partial charge in [-0.1, -0.05) is 152 Å². The topological polar surface area (TPSA) is 6.48 Å². The van der Waals surface area contributed by atoms with Crippen LogP contribution in [0.5, 0.6) is 0 Å². The Bertz CT molecular complexity index is 4030. The van der Waals surface area contributed by atoms with E-state index >= 15 is 26.3 Å². The summed E-state index contributed by atoms with van der Waals surface area (Å²) in [7, 11) is 0. The summed E-state index contributed by atoms with van der Waals surface area (Å²) >= 11 is 0. The third-order valence-electron chi connectivity index (χ3n) is 13.4. The molecule has 2 nitrogen and oxygen atoms in total. The maximum absolute atomic E-state index is 16.7. The molecule has 0 N–H and O–H groups in total. The number of para-hydroxylation sites is 2. The number of hydrogen-bond acceptors (Lipinski definition) is 2. The van der Waals surface area contributed by atoms with Crippen molar-refractivity contribution in [3.8, 4) is 44.5 Å². The fraction of sp³-hybridized carbons (Fsp3) is 0. The molecule has 0 aliphatic rings. The lowest BCUT2D eigenvalue weighted by atomic mass is 9.91. The van der Waals surface area contributed by atoms with Crippen LogP contribution in [-0.4, -0.2) is 0 Å². The van der Waals surface area contributed by atoms with Gasteiger partial charge in [0.25, 0.3) is 0 Å². The minimum atomic E-state index is -0.672. The van der Waals surface area contributed by atoms with Gasteiger partial charge in [0.2, 0.25) is 0 Å². The molecule has 72 heavy (non-hydrogen) atoms. The van der Waals surface area contributed by atoms with Gasteiger partial charge in [-0.2, -0.15) is 0 Å². The van der Waals surface area contributed by atoms with E-state index in [9.17, 15) is 0 Å². The van der Waals surface area contributed by atoms with E-state index in [1.807, 2.05) is 103 Å². The molecule has 0 spiro atoms. The Balaban J connectivity index is 1.04. The second kappa shape index (κ2) is 18.0. The lowest BCUT2D eigenvalue weighted by Gasteiger charge is -2.30. The summed E-state index contributed by atoms with van der Waals surface area (Å²) in [5.74, 6) is -3.50. The Morgan fingerprint density at radius 1 is 0.222 bits per heavy atom. The predicted molar refractivity (Wildman–Crippen MR) is 281 cm³/mol. The molecule has 0 atom stereocenters. The van der Waals surface area contributed by atoms with Crippen molar-refractivity contribution in [2.75, 3.05) is 9.80 Å². The molecular formula is C64H38F6N2. The Labute approximate surface area is 410 Å². The number of benzene rings is 12. The first-order valence-electron chi connectivity index (χ1n) is 23.3. The highest BCUT2D eigenvalue weighted by Crippen LogP contribution is 2.50. The van der Waals surface area contributed by atoms with Gasteiger partial charge in [-0.05, 0) is 134 Å². The number of hydrogen-bond donors (Lipinski definition) is 0. The van der Waals surface area contributed by atoms with Gasteiger partial charge in [0, 0.05) is 21.9 Å². The summed E-state index contributed by atoms with van der Waals surface area (Å²) in [5.41, 5.74) is 5.40. The molecule has 0 heterocycles. The van der Waals surface area contributed by atoms with Crippen LogP contribution >= 0.6 is 0 Å². The van der Waals surface area contributed by atoms with Gasteiger partial charge >= 0.3 is 0 Å². The minimum absolute atomic E-state index is 0.0199. The predicted octanol–water partition coefficient (Wildman–Crippen LogP) is 19.0. The van der Waals surface area contributed by atoms with Crippen LogP contribution in [-0.2, 0) is 0 Å². The standard InChI is InChI=1S/C64H38F6N2/c65-51-30-22-43(39-11-3-1-4-12-39)35-50(51)46-24-32-55(69)62(38-46)72(60-18-10-8-16-53(60)67)58-34-26-42-19-28-48-57(33-25-41-20-29-49(58)64(42)63(41)48)71(59-17-9-7-15-52(59)66)61-37-45(23-31-54(61)68)44-21-27-47(56(70)36-44)40-13-5-2-6-14-40/h1-38H. The maximum atomic E-state index is 16.7. The van der Waals surface area contributed by atoms with Gasteiger partial charge in [-0.15, -0.1) is 0 Å². The van der Waals surface area contributed by atoms with Gasteiger partial charge in [0.15, 0.2) is 0 Å². The van der Waals surface area contributed by atoms with Crippen molar-refractivity contribution in [2.24, 2.45) is 0 Å². The molecule has 0 amide bonds. The van der Waals surface area contributed by atoms with Crippen LogP contribution in [0.2, 0.25) is 0 Å². The van der Waals surface area contributed by atoms with Crippen LogP contribution < -0.4 is 9.80 Å². The molecule has 12 aromatic carbocycles. The molecule has 12 aromatic rings. The zero-order valence-electron chi connectivity index (χ0n) is 38.1. The van der Waals surface area contributed by atoms with Crippen molar-refractivity contribution in [3.63, 3.8) is 0 Å². The summed E-state index contributed by atoms with van der Waals surface area (Å²) in [4.78, 5) is 3.05. The summed E-state index contributed by atoms with van der Waals surface area (Å²) < 4.78 is 97.7. The zero-order valence-corrected chi connectivity index (χ0v) is 38.1. The van der Waals surface area contributed by atoms with Gasteiger partial charge in [-0.25, -0.2) is 26.3 Å². The molecule has 0 radical (unpaired) electrons. The molecule has 0 aliphatic carbocycles. The molecule has 346 valence electrons. The highest BCUT2D eigenvalue weighted by molar-refractivity contribution is 6.28. The first-order valence-corrected chi connectivity index (χ1v) is 23.3. The van der Waals surface area contributed by atoms with Gasteiger partial charge in [-0.3, -0.25) is 0 Å². The number of anilines is 6. The summed E-state index contributed by atoms with van der Waals surface area (Å²) in [6.45, 7) is 0. The summed E-state index contributed by atoms with van der Waals surface area (Å²) in [6, 6.07) is 64.4. The van der Waals surface area contributed by atoms with E-state index in [0.717, 1.165) is 32.7 Å². The van der Waals surface area contributed by atoms with Crippen LogP contribution in [0.15, 0.2) is 231 Å². The molecule has 0 aliphatic heterocycles. The second-order valence-corrected chi connectivity index (χ2v) is 17.6. The first kappa shape index (κ1) is 44.1. The third-order valence-corrected chi connectivity index (χ3v) is 13.4. The fourth-order valence-electron chi connectivity index (χ4n) is 10.0. The van der Waals surface area contributed by atoms with E-state index in [2.05, 4.69) is 0 Å². The van der Waals surface area contributed by atoms with Crippen LogP contribution in [0.3, 0.4) is 0 Å². The van der Waals surface area contributed by atoms with E-state index in [1.165, 1.54) is 58.3 Å². The van der Waals surface area contributed by atoms with E-state index in [-0.39, 0.29) is 28.3 Å². The fourth-order valence-corrected chi connectivity index (χ4v) is 10.0. The molecule has 0 fully saturated rings. The lowest BCUT2D eigenvalue weighted by Crippen LogP contribution is -2.15. The van der Waals surface area contributed by atoms with Crippen LogP contribution in [0.4, 0.5) is 60.5 Å². The van der Waals surface area contributed by atoms with E-state index in [1.54, 1.807) is 78.9 Å². The first-order chi connectivity index (χ1) is 35.2.